The highest BCUT2D eigenvalue weighted by Crippen LogP contribution is 2.38. The monoisotopic (exact) mass is 331 g/mol. The molecular weight excluding hydrogens is 307 g/mol. The number of carbonyl (C=O) groups is 1. The van der Waals surface area contributed by atoms with Crippen LogP contribution < -0.4 is 0 Å². The molecule has 0 radical (unpaired) electrons. The number of nitrogens with zero attached hydrogens (tertiary/aromatic N) is 1. The summed E-state index contributed by atoms with van der Waals surface area (Å²) in [5, 5.41) is 9.69. The fourth-order valence-corrected chi connectivity index (χ4v) is 3.35. The molecular formula is C17H24F3NO2. The van der Waals surface area contributed by atoms with Crippen molar-refractivity contribution in [2.24, 2.45) is 5.92 Å². The molecule has 1 saturated carbocycles. The van der Waals surface area contributed by atoms with Crippen LogP contribution in [0.15, 0.2) is 23.8 Å². The van der Waals surface area contributed by atoms with Crippen LogP contribution in [-0.4, -0.2) is 40.3 Å². The Kier molecular flexibility index (Phi) is 5.23. The van der Waals surface area contributed by atoms with Crippen LogP contribution >= 0.6 is 0 Å². The summed E-state index contributed by atoms with van der Waals surface area (Å²) in [5.41, 5.74) is -3.08. The smallest absolute Gasteiger partial charge is 0.376 e. The van der Waals surface area contributed by atoms with Crippen LogP contribution in [0.3, 0.4) is 0 Å². The van der Waals surface area contributed by atoms with Crippen molar-refractivity contribution in [1.82, 2.24) is 4.90 Å². The summed E-state index contributed by atoms with van der Waals surface area (Å²) in [6.07, 6.45) is 3.76. The Labute approximate surface area is 134 Å². The van der Waals surface area contributed by atoms with E-state index in [0.717, 1.165) is 32.6 Å². The van der Waals surface area contributed by atoms with Crippen molar-refractivity contribution >= 4 is 5.91 Å². The highest BCUT2D eigenvalue weighted by atomic mass is 19.4. The average Bonchev–Trinajstić information content (AvgIpc) is 3.01. The fourth-order valence-electron chi connectivity index (χ4n) is 3.35. The third kappa shape index (κ3) is 3.62. The molecule has 0 spiro atoms. The molecule has 2 rings (SSSR count). The number of alkyl halides is 3. The van der Waals surface area contributed by atoms with Crippen molar-refractivity contribution in [2.75, 3.05) is 6.54 Å². The van der Waals surface area contributed by atoms with Crippen LogP contribution in [0.1, 0.15) is 46.0 Å². The van der Waals surface area contributed by atoms with Gasteiger partial charge >= 0.3 is 6.18 Å². The lowest BCUT2D eigenvalue weighted by molar-refractivity contribution is -0.235. The Balaban J connectivity index is 2.06. The van der Waals surface area contributed by atoms with E-state index < -0.39 is 17.7 Å². The zero-order chi connectivity index (χ0) is 17.3. The molecule has 0 heterocycles. The number of hydrogen-bond donors (Lipinski definition) is 1. The number of halogens is 3. The number of rotatable bonds is 4. The molecule has 2 atom stereocenters. The maximum Gasteiger partial charge on any atom is 0.421 e. The van der Waals surface area contributed by atoms with E-state index in [2.05, 4.69) is 0 Å². The predicted molar refractivity (Wildman–Crippen MR) is 81.7 cm³/mol. The Morgan fingerprint density at radius 3 is 2.39 bits per heavy atom. The summed E-state index contributed by atoms with van der Waals surface area (Å²) in [4.78, 5) is 14.5. The van der Waals surface area contributed by atoms with Gasteiger partial charge in [-0.25, -0.2) is 0 Å². The van der Waals surface area contributed by atoms with Gasteiger partial charge in [0, 0.05) is 12.6 Å². The normalized spacial score (nSPS) is 25.1. The molecule has 0 saturated heterocycles. The van der Waals surface area contributed by atoms with Gasteiger partial charge in [0.15, 0.2) is 5.60 Å². The zero-order valence-corrected chi connectivity index (χ0v) is 13.6. The van der Waals surface area contributed by atoms with Gasteiger partial charge in [0.1, 0.15) is 0 Å². The zero-order valence-electron chi connectivity index (χ0n) is 13.6. The predicted octanol–water partition coefficient (Wildman–Crippen LogP) is 3.59. The molecule has 0 aromatic carbocycles. The number of carbonyl (C=O) groups excluding carboxylic acids is 1. The quantitative estimate of drug-likeness (QED) is 0.855. The van der Waals surface area contributed by atoms with E-state index in [0.29, 0.717) is 6.54 Å². The minimum atomic E-state index is -4.74. The summed E-state index contributed by atoms with van der Waals surface area (Å²) >= 11 is 0. The Morgan fingerprint density at radius 1 is 1.35 bits per heavy atom. The van der Waals surface area contributed by atoms with E-state index in [4.69, 9.17) is 0 Å². The second-order valence-electron chi connectivity index (χ2n) is 6.49. The lowest BCUT2D eigenvalue weighted by atomic mass is 9.86. The molecule has 1 N–H and O–H groups in total. The molecule has 2 aliphatic rings. The molecule has 23 heavy (non-hydrogen) atoms. The topological polar surface area (TPSA) is 40.5 Å². The molecule has 3 nitrogen and oxygen atoms in total. The summed E-state index contributed by atoms with van der Waals surface area (Å²) in [5.74, 6) is -0.471. The van der Waals surface area contributed by atoms with Crippen molar-refractivity contribution in [2.45, 2.75) is 63.8 Å². The highest BCUT2D eigenvalue weighted by molar-refractivity contribution is 5.81. The standard InChI is InChI=1S/C17H24F3NO2/c1-3-21(14-6-4-5-7-14)15(22)12-8-10-13(11-9-12)16(2,23)17(18,19)20/h8,10-12,14,23H,3-7,9H2,1-2H3. The molecule has 0 aromatic rings. The van der Waals surface area contributed by atoms with Crippen molar-refractivity contribution in [1.29, 1.82) is 0 Å². The van der Waals surface area contributed by atoms with Gasteiger partial charge < -0.3 is 10.0 Å². The van der Waals surface area contributed by atoms with Crippen molar-refractivity contribution in [3.63, 3.8) is 0 Å². The number of allylic oxidation sites excluding steroid dienone is 1. The molecule has 0 bridgehead atoms. The van der Waals surface area contributed by atoms with E-state index in [1.807, 2.05) is 11.8 Å². The SMILES string of the molecule is CCN(C(=O)C1C=CC(C(C)(O)C(F)(F)F)=CC1)C1CCCC1. The fraction of sp³-hybridized carbons (Fsp3) is 0.706. The first-order valence-corrected chi connectivity index (χ1v) is 8.17. The Morgan fingerprint density at radius 2 is 1.96 bits per heavy atom. The van der Waals surface area contributed by atoms with Crippen LogP contribution in [0.4, 0.5) is 13.2 Å². The van der Waals surface area contributed by atoms with E-state index in [1.165, 1.54) is 18.2 Å². The Hall–Kier alpha value is -1.30. The third-order valence-corrected chi connectivity index (χ3v) is 4.92. The minimum Gasteiger partial charge on any atom is -0.376 e. The molecule has 1 amide bonds. The maximum atomic E-state index is 12.9. The summed E-state index contributed by atoms with van der Waals surface area (Å²) in [6, 6.07) is 0.254. The van der Waals surface area contributed by atoms with Gasteiger partial charge in [-0.2, -0.15) is 13.2 Å². The molecule has 2 aliphatic carbocycles. The van der Waals surface area contributed by atoms with Crippen molar-refractivity contribution in [3.05, 3.63) is 23.8 Å². The van der Waals surface area contributed by atoms with Crippen LogP contribution in [0.2, 0.25) is 0 Å². The summed E-state index contributed by atoms with van der Waals surface area (Å²) in [6.45, 7) is 3.28. The number of hydrogen-bond acceptors (Lipinski definition) is 2. The lowest BCUT2D eigenvalue weighted by Crippen LogP contribution is -2.45. The lowest BCUT2D eigenvalue weighted by Gasteiger charge is -2.33. The molecule has 1 fully saturated rings. The van der Waals surface area contributed by atoms with Gasteiger partial charge in [-0.05, 0) is 38.7 Å². The van der Waals surface area contributed by atoms with Gasteiger partial charge in [0.2, 0.25) is 5.91 Å². The third-order valence-electron chi connectivity index (χ3n) is 4.92. The van der Waals surface area contributed by atoms with Gasteiger partial charge in [-0.15, -0.1) is 0 Å². The highest BCUT2D eigenvalue weighted by Gasteiger charge is 2.52. The summed E-state index contributed by atoms with van der Waals surface area (Å²) in [7, 11) is 0. The number of amides is 1. The Bertz CT molecular complexity index is 502. The van der Waals surface area contributed by atoms with E-state index in [1.54, 1.807) is 0 Å². The van der Waals surface area contributed by atoms with E-state index in [-0.39, 0.29) is 23.9 Å². The van der Waals surface area contributed by atoms with Crippen LogP contribution in [0.5, 0.6) is 0 Å². The van der Waals surface area contributed by atoms with Gasteiger partial charge in [0.05, 0.1) is 5.92 Å². The van der Waals surface area contributed by atoms with E-state index >= 15 is 0 Å². The van der Waals surface area contributed by atoms with E-state index in [9.17, 15) is 23.1 Å². The molecule has 0 aromatic heterocycles. The molecule has 6 heteroatoms. The van der Waals surface area contributed by atoms with Crippen LogP contribution in [0, 0.1) is 5.92 Å². The maximum absolute atomic E-state index is 12.9. The van der Waals surface area contributed by atoms with Crippen molar-refractivity contribution in [3.8, 4) is 0 Å². The first-order valence-electron chi connectivity index (χ1n) is 8.17. The minimum absolute atomic E-state index is 0.0300. The van der Waals surface area contributed by atoms with Crippen LogP contribution in [-0.2, 0) is 4.79 Å². The van der Waals surface area contributed by atoms with Gasteiger partial charge in [-0.1, -0.05) is 31.1 Å². The van der Waals surface area contributed by atoms with Gasteiger partial charge in [-0.3, -0.25) is 4.79 Å². The first kappa shape index (κ1) is 18.0. The largest absolute Gasteiger partial charge is 0.421 e. The van der Waals surface area contributed by atoms with Crippen LogP contribution in [0.25, 0.3) is 0 Å². The molecule has 130 valence electrons. The molecule has 0 aliphatic heterocycles. The summed E-state index contributed by atoms with van der Waals surface area (Å²) < 4.78 is 38.6. The number of aliphatic hydroxyl groups is 1. The average molecular weight is 331 g/mol. The second kappa shape index (κ2) is 6.67. The first-order chi connectivity index (χ1) is 10.7. The molecule has 2 unspecified atom stereocenters. The van der Waals surface area contributed by atoms with Crippen molar-refractivity contribution < 1.29 is 23.1 Å². The van der Waals surface area contributed by atoms with Gasteiger partial charge in [0.25, 0.3) is 0 Å². The second-order valence-corrected chi connectivity index (χ2v) is 6.49.